The molecule has 4 heteroatoms. The van der Waals surface area contributed by atoms with E-state index in [0.29, 0.717) is 23.8 Å². The van der Waals surface area contributed by atoms with E-state index in [4.69, 9.17) is 27.5 Å². The van der Waals surface area contributed by atoms with Crippen molar-refractivity contribution in [3.05, 3.63) is 33.8 Å². The van der Waals surface area contributed by atoms with Gasteiger partial charge in [0.15, 0.2) is 0 Å². The number of nitrogen functional groups attached to an aromatic ring is 1. The first-order valence-corrected chi connectivity index (χ1v) is 4.80. The summed E-state index contributed by atoms with van der Waals surface area (Å²) in [5.41, 5.74) is 8.21. The zero-order valence-corrected chi connectivity index (χ0v) is 8.40. The average molecular weight is 211 g/mol. The Hall–Kier alpha value is -1.06. The molecule has 0 unspecified atom stereocenters. The van der Waals surface area contributed by atoms with Gasteiger partial charge in [-0.2, -0.15) is 0 Å². The fraction of sp³-hybridized carbons (Fsp3) is 0.300. The summed E-state index contributed by atoms with van der Waals surface area (Å²) in [4.78, 5) is 0. The highest BCUT2D eigenvalue weighted by Gasteiger charge is 2.16. The maximum atomic E-state index is 7.36. The molecule has 0 amide bonds. The van der Waals surface area contributed by atoms with Gasteiger partial charge in [-0.3, -0.25) is 5.41 Å². The van der Waals surface area contributed by atoms with Crippen molar-refractivity contribution in [2.75, 3.05) is 6.61 Å². The molecule has 0 bridgehead atoms. The van der Waals surface area contributed by atoms with Crippen LogP contribution in [-0.4, -0.2) is 12.4 Å². The first-order chi connectivity index (χ1) is 6.70. The molecular weight excluding hydrogens is 200 g/mol. The molecule has 0 aliphatic carbocycles. The lowest BCUT2D eigenvalue weighted by Crippen LogP contribution is -2.16. The number of hydrogen-bond donors (Lipinski definition) is 2. The molecule has 74 valence electrons. The van der Waals surface area contributed by atoms with Gasteiger partial charge >= 0.3 is 0 Å². The lowest BCUT2D eigenvalue weighted by atomic mass is 10.00. The SMILES string of the molecule is N=C(N)c1ccc2c(c1Cl)CCOC2. The summed E-state index contributed by atoms with van der Waals surface area (Å²) < 4.78 is 5.31. The number of amidine groups is 1. The zero-order valence-electron chi connectivity index (χ0n) is 7.64. The third-order valence-corrected chi connectivity index (χ3v) is 2.82. The topological polar surface area (TPSA) is 59.1 Å². The van der Waals surface area contributed by atoms with Gasteiger partial charge in [0.1, 0.15) is 5.84 Å². The van der Waals surface area contributed by atoms with Gasteiger partial charge in [-0.15, -0.1) is 0 Å². The van der Waals surface area contributed by atoms with E-state index in [0.717, 1.165) is 17.5 Å². The highest BCUT2D eigenvalue weighted by Crippen LogP contribution is 2.28. The maximum absolute atomic E-state index is 7.36. The number of benzene rings is 1. The minimum absolute atomic E-state index is 0.0179. The van der Waals surface area contributed by atoms with Crippen molar-refractivity contribution in [3.63, 3.8) is 0 Å². The summed E-state index contributed by atoms with van der Waals surface area (Å²) >= 11 is 6.15. The van der Waals surface area contributed by atoms with Crippen LogP contribution in [0.25, 0.3) is 0 Å². The van der Waals surface area contributed by atoms with Crippen LogP contribution >= 0.6 is 11.6 Å². The second-order valence-electron chi connectivity index (χ2n) is 3.28. The third-order valence-electron chi connectivity index (χ3n) is 2.38. The second-order valence-corrected chi connectivity index (χ2v) is 3.66. The van der Waals surface area contributed by atoms with E-state index in [1.54, 1.807) is 6.07 Å². The predicted octanol–water partition coefficient (Wildman–Crippen LogP) is 1.70. The number of rotatable bonds is 1. The van der Waals surface area contributed by atoms with Gasteiger partial charge in [-0.1, -0.05) is 17.7 Å². The Morgan fingerprint density at radius 2 is 2.29 bits per heavy atom. The van der Waals surface area contributed by atoms with Gasteiger partial charge in [0, 0.05) is 5.56 Å². The molecule has 3 nitrogen and oxygen atoms in total. The standard InChI is InChI=1S/C10H11ClN2O/c11-9-7-3-4-14-5-6(7)1-2-8(9)10(12)13/h1-2H,3-5H2,(H3,12,13). The van der Waals surface area contributed by atoms with Crippen LogP contribution in [0.4, 0.5) is 0 Å². The number of halogens is 1. The van der Waals surface area contributed by atoms with Gasteiger partial charge in [0.05, 0.1) is 18.2 Å². The van der Waals surface area contributed by atoms with Crippen LogP contribution in [0.1, 0.15) is 16.7 Å². The number of ether oxygens (including phenoxy) is 1. The van der Waals surface area contributed by atoms with E-state index in [2.05, 4.69) is 0 Å². The molecule has 2 rings (SSSR count). The first-order valence-electron chi connectivity index (χ1n) is 4.42. The summed E-state index contributed by atoms with van der Waals surface area (Å²) in [7, 11) is 0. The Labute approximate surface area is 87.3 Å². The van der Waals surface area contributed by atoms with Gasteiger partial charge in [-0.05, 0) is 23.6 Å². The normalized spacial score (nSPS) is 14.9. The Bertz CT molecular complexity index is 390. The predicted molar refractivity (Wildman–Crippen MR) is 55.8 cm³/mol. The molecule has 0 saturated carbocycles. The van der Waals surface area contributed by atoms with E-state index >= 15 is 0 Å². The molecule has 0 spiro atoms. The van der Waals surface area contributed by atoms with Crippen molar-refractivity contribution < 1.29 is 4.74 Å². The second kappa shape index (κ2) is 3.59. The Morgan fingerprint density at radius 3 is 3.00 bits per heavy atom. The minimum atomic E-state index is 0.0179. The van der Waals surface area contributed by atoms with Crippen LogP contribution in [0, 0.1) is 5.41 Å². The molecule has 0 atom stereocenters. The number of nitrogens with two attached hydrogens (primary N) is 1. The van der Waals surface area contributed by atoms with Crippen LogP contribution in [0.3, 0.4) is 0 Å². The molecule has 0 aromatic heterocycles. The maximum Gasteiger partial charge on any atom is 0.124 e. The number of hydrogen-bond acceptors (Lipinski definition) is 2. The third kappa shape index (κ3) is 1.49. The van der Waals surface area contributed by atoms with E-state index < -0.39 is 0 Å². The van der Waals surface area contributed by atoms with Gasteiger partial charge < -0.3 is 10.5 Å². The summed E-state index contributed by atoms with van der Waals surface area (Å²) in [6, 6.07) is 3.70. The van der Waals surface area contributed by atoms with Crippen LogP contribution < -0.4 is 5.73 Å². The van der Waals surface area contributed by atoms with Crippen LogP contribution in [0.2, 0.25) is 5.02 Å². The van der Waals surface area contributed by atoms with Crippen molar-refractivity contribution >= 4 is 17.4 Å². The molecule has 1 aromatic carbocycles. The Balaban J connectivity index is 2.54. The fourth-order valence-electron chi connectivity index (χ4n) is 1.63. The van der Waals surface area contributed by atoms with E-state index in [1.165, 1.54) is 0 Å². The molecule has 14 heavy (non-hydrogen) atoms. The fourth-order valence-corrected chi connectivity index (χ4v) is 2.01. The molecule has 1 aliphatic rings. The molecule has 1 aliphatic heterocycles. The Kier molecular flexibility index (Phi) is 2.44. The Morgan fingerprint density at radius 1 is 1.50 bits per heavy atom. The lowest BCUT2D eigenvalue weighted by molar-refractivity contribution is 0.111. The monoisotopic (exact) mass is 210 g/mol. The first kappa shape index (κ1) is 9.49. The average Bonchev–Trinajstić information content (AvgIpc) is 2.18. The van der Waals surface area contributed by atoms with Crippen molar-refractivity contribution in [2.45, 2.75) is 13.0 Å². The molecule has 1 aromatic rings. The van der Waals surface area contributed by atoms with Crippen molar-refractivity contribution in [1.29, 1.82) is 5.41 Å². The van der Waals surface area contributed by atoms with Crippen LogP contribution in [0.5, 0.6) is 0 Å². The summed E-state index contributed by atoms with van der Waals surface area (Å²) in [5.74, 6) is 0.0179. The van der Waals surface area contributed by atoms with Crippen molar-refractivity contribution in [3.8, 4) is 0 Å². The molecule has 0 radical (unpaired) electrons. The lowest BCUT2D eigenvalue weighted by Gasteiger charge is -2.19. The van der Waals surface area contributed by atoms with E-state index in [1.807, 2.05) is 6.07 Å². The summed E-state index contributed by atoms with van der Waals surface area (Å²) in [5, 5.41) is 7.97. The van der Waals surface area contributed by atoms with Crippen molar-refractivity contribution in [2.24, 2.45) is 5.73 Å². The van der Waals surface area contributed by atoms with Gasteiger partial charge in [0.25, 0.3) is 0 Å². The van der Waals surface area contributed by atoms with Gasteiger partial charge in [0.2, 0.25) is 0 Å². The zero-order chi connectivity index (χ0) is 10.1. The van der Waals surface area contributed by atoms with E-state index in [9.17, 15) is 0 Å². The number of nitrogens with one attached hydrogen (secondary N) is 1. The minimum Gasteiger partial charge on any atom is -0.384 e. The molecule has 1 heterocycles. The quantitative estimate of drug-likeness (QED) is 0.548. The highest BCUT2D eigenvalue weighted by molar-refractivity contribution is 6.34. The van der Waals surface area contributed by atoms with Gasteiger partial charge in [-0.25, -0.2) is 0 Å². The molecule has 3 N–H and O–H groups in total. The molecule has 0 saturated heterocycles. The highest BCUT2D eigenvalue weighted by atomic mass is 35.5. The molecule has 0 fully saturated rings. The largest absolute Gasteiger partial charge is 0.384 e. The smallest absolute Gasteiger partial charge is 0.124 e. The van der Waals surface area contributed by atoms with Crippen molar-refractivity contribution in [1.82, 2.24) is 0 Å². The number of fused-ring (bicyclic) bond motifs is 1. The molecular formula is C10H11ClN2O. The summed E-state index contributed by atoms with van der Waals surface area (Å²) in [6.45, 7) is 1.29. The summed E-state index contributed by atoms with van der Waals surface area (Å²) in [6.07, 6.45) is 0.801. The van der Waals surface area contributed by atoms with Crippen LogP contribution in [-0.2, 0) is 17.8 Å². The van der Waals surface area contributed by atoms with Crippen LogP contribution in [0.15, 0.2) is 12.1 Å². The van der Waals surface area contributed by atoms with E-state index in [-0.39, 0.29) is 5.84 Å².